The molecular formula is C26H26N2O. The normalized spacial score (nSPS) is 14.0. The summed E-state index contributed by atoms with van der Waals surface area (Å²) in [5.74, 6) is 1.14. The number of rotatable bonds is 5. The van der Waals surface area contributed by atoms with E-state index in [-0.39, 0.29) is 5.78 Å². The van der Waals surface area contributed by atoms with E-state index >= 15 is 0 Å². The molecule has 0 fully saturated rings. The van der Waals surface area contributed by atoms with E-state index in [1.807, 2.05) is 60.7 Å². The van der Waals surface area contributed by atoms with Crippen LogP contribution in [0.5, 0.6) is 0 Å². The van der Waals surface area contributed by atoms with Gasteiger partial charge in [0.05, 0.1) is 6.54 Å². The molecule has 0 spiro atoms. The minimum Gasteiger partial charge on any atom is -0.322 e. The van der Waals surface area contributed by atoms with Crippen molar-refractivity contribution in [3.05, 3.63) is 90.5 Å². The second-order valence-corrected chi connectivity index (χ2v) is 7.40. The summed E-state index contributed by atoms with van der Waals surface area (Å²) in [7, 11) is 0. The molecule has 0 aliphatic carbocycles. The number of Topliss-reactive ketones (excluding diaryl/α,β-unsaturated/α-hetero) is 1. The van der Waals surface area contributed by atoms with Gasteiger partial charge in [0, 0.05) is 24.2 Å². The van der Waals surface area contributed by atoms with Gasteiger partial charge in [0.2, 0.25) is 0 Å². The fourth-order valence-electron chi connectivity index (χ4n) is 3.73. The maximum absolute atomic E-state index is 13.1. The summed E-state index contributed by atoms with van der Waals surface area (Å²) in [6.45, 7) is 1.16. The molecule has 0 saturated carbocycles. The van der Waals surface area contributed by atoms with Crippen molar-refractivity contribution in [2.24, 2.45) is 4.99 Å². The van der Waals surface area contributed by atoms with E-state index in [1.54, 1.807) is 0 Å². The third-order valence-electron chi connectivity index (χ3n) is 5.35. The van der Waals surface area contributed by atoms with E-state index in [0.29, 0.717) is 6.54 Å². The molecule has 3 heteroatoms. The Hall–Kier alpha value is -3.20. The molecule has 0 unspecified atom stereocenters. The van der Waals surface area contributed by atoms with Crippen molar-refractivity contribution in [2.75, 3.05) is 18.0 Å². The first-order valence-electron chi connectivity index (χ1n) is 10.4. The van der Waals surface area contributed by atoms with Crippen LogP contribution in [-0.4, -0.2) is 24.7 Å². The third kappa shape index (κ3) is 4.80. The topological polar surface area (TPSA) is 32.7 Å². The predicted molar refractivity (Wildman–Crippen MR) is 121 cm³/mol. The number of anilines is 1. The van der Waals surface area contributed by atoms with Crippen molar-refractivity contribution in [2.45, 2.75) is 25.7 Å². The Morgan fingerprint density at radius 2 is 1.41 bits per heavy atom. The van der Waals surface area contributed by atoms with Gasteiger partial charge in [0.25, 0.3) is 0 Å². The highest BCUT2D eigenvalue weighted by Crippen LogP contribution is 2.22. The standard InChI is InChI=1S/C26H26N2O/c29-25(23-17-15-22(16-18-23)21-10-4-1-5-11-21)20-28(24-12-6-2-7-13-24)26-14-8-3-9-19-27-26/h1-2,4-7,10-13,15-18H,3,8-9,14,19-20H2. The molecule has 0 bridgehead atoms. The molecule has 0 aromatic heterocycles. The lowest BCUT2D eigenvalue weighted by molar-refractivity contribution is 0.100. The highest BCUT2D eigenvalue weighted by molar-refractivity contribution is 6.07. The summed E-state index contributed by atoms with van der Waals surface area (Å²) < 4.78 is 0. The van der Waals surface area contributed by atoms with Crippen LogP contribution in [0, 0.1) is 0 Å². The van der Waals surface area contributed by atoms with Crippen LogP contribution in [0.4, 0.5) is 5.69 Å². The van der Waals surface area contributed by atoms with Crippen LogP contribution in [0.25, 0.3) is 11.1 Å². The fourth-order valence-corrected chi connectivity index (χ4v) is 3.73. The zero-order valence-corrected chi connectivity index (χ0v) is 16.6. The molecule has 4 rings (SSSR count). The molecule has 0 radical (unpaired) electrons. The molecule has 1 aliphatic rings. The molecule has 0 atom stereocenters. The molecule has 3 aromatic carbocycles. The Balaban J connectivity index is 1.55. The van der Waals surface area contributed by atoms with Crippen LogP contribution >= 0.6 is 0 Å². The molecule has 0 N–H and O–H groups in total. The summed E-state index contributed by atoms with van der Waals surface area (Å²) in [6.07, 6.45) is 4.38. The number of carbonyl (C=O) groups excluding carboxylic acids is 1. The first-order chi connectivity index (χ1) is 14.3. The van der Waals surface area contributed by atoms with E-state index in [1.165, 1.54) is 6.42 Å². The van der Waals surface area contributed by atoms with Crippen molar-refractivity contribution in [3.8, 4) is 11.1 Å². The molecule has 1 aliphatic heterocycles. The second kappa shape index (κ2) is 9.33. The number of ketones is 1. The summed E-state index contributed by atoms with van der Waals surface area (Å²) >= 11 is 0. The van der Waals surface area contributed by atoms with Crippen LogP contribution in [0.3, 0.4) is 0 Å². The highest BCUT2D eigenvalue weighted by Gasteiger charge is 2.19. The van der Waals surface area contributed by atoms with E-state index < -0.39 is 0 Å². The lowest BCUT2D eigenvalue weighted by Gasteiger charge is -2.25. The zero-order chi connectivity index (χ0) is 19.9. The lowest BCUT2D eigenvalue weighted by Crippen LogP contribution is -2.35. The number of amidine groups is 1. The van der Waals surface area contributed by atoms with Crippen LogP contribution in [0.2, 0.25) is 0 Å². The number of aliphatic imine (C=N–C) groups is 1. The molecule has 3 nitrogen and oxygen atoms in total. The van der Waals surface area contributed by atoms with Gasteiger partial charge < -0.3 is 4.90 Å². The number of hydrogen-bond acceptors (Lipinski definition) is 3. The Bertz CT molecular complexity index is 963. The Kier molecular flexibility index (Phi) is 6.16. The van der Waals surface area contributed by atoms with Crippen molar-refractivity contribution < 1.29 is 4.79 Å². The van der Waals surface area contributed by atoms with Gasteiger partial charge >= 0.3 is 0 Å². The first-order valence-corrected chi connectivity index (χ1v) is 10.4. The maximum Gasteiger partial charge on any atom is 0.182 e. The molecule has 0 amide bonds. The number of hydrogen-bond donors (Lipinski definition) is 0. The Morgan fingerprint density at radius 3 is 2.14 bits per heavy atom. The van der Waals surface area contributed by atoms with Crippen LogP contribution in [-0.2, 0) is 0 Å². The van der Waals surface area contributed by atoms with Gasteiger partial charge in [-0.05, 0) is 36.1 Å². The van der Waals surface area contributed by atoms with Gasteiger partial charge in [-0.2, -0.15) is 0 Å². The smallest absolute Gasteiger partial charge is 0.182 e. The van der Waals surface area contributed by atoms with Crippen LogP contribution in [0.15, 0.2) is 89.9 Å². The summed E-state index contributed by atoms with van der Waals surface area (Å²) in [5, 5.41) is 0. The highest BCUT2D eigenvalue weighted by atomic mass is 16.1. The van der Waals surface area contributed by atoms with Gasteiger partial charge in [-0.3, -0.25) is 9.79 Å². The van der Waals surface area contributed by atoms with Gasteiger partial charge in [0.1, 0.15) is 5.84 Å². The lowest BCUT2D eigenvalue weighted by atomic mass is 10.0. The molecule has 146 valence electrons. The number of carbonyl (C=O) groups is 1. The van der Waals surface area contributed by atoms with Gasteiger partial charge in [-0.1, -0.05) is 79.2 Å². The largest absolute Gasteiger partial charge is 0.322 e. The summed E-state index contributed by atoms with van der Waals surface area (Å²) in [4.78, 5) is 20.0. The third-order valence-corrected chi connectivity index (χ3v) is 5.35. The van der Waals surface area contributed by atoms with E-state index in [9.17, 15) is 4.79 Å². The van der Waals surface area contributed by atoms with Crippen molar-refractivity contribution >= 4 is 17.3 Å². The SMILES string of the molecule is O=C(CN(C1=NCCCCC1)c1ccccc1)c1ccc(-c2ccccc2)cc1. The molecule has 0 saturated heterocycles. The average Bonchev–Trinajstić information content (AvgIpc) is 3.08. The van der Waals surface area contributed by atoms with Crippen LogP contribution < -0.4 is 4.90 Å². The molecule has 29 heavy (non-hydrogen) atoms. The Labute approximate surface area is 172 Å². The van der Waals surface area contributed by atoms with E-state index in [2.05, 4.69) is 29.2 Å². The van der Waals surface area contributed by atoms with Gasteiger partial charge in [0.15, 0.2) is 5.78 Å². The number of nitrogens with zero attached hydrogens (tertiary/aromatic N) is 2. The van der Waals surface area contributed by atoms with Gasteiger partial charge in [-0.15, -0.1) is 0 Å². The minimum absolute atomic E-state index is 0.111. The van der Waals surface area contributed by atoms with Crippen molar-refractivity contribution in [1.29, 1.82) is 0 Å². The van der Waals surface area contributed by atoms with E-state index in [4.69, 9.17) is 4.99 Å². The van der Waals surface area contributed by atoms with Crippen molar-refractivity contribution in [1.82, 2.24) is 0 Å². The van der Waals surface area contributed by atoms with Gasteiger partial charge in [-0.25, -0.2) is 0 Å². The fraction of sp³-hybridized carbons (Fsp3) is 0.231. The van der Waals surface area contributed by atoms with Crippen LogP contribution in [0.1, 0.15) is 36.0 Å². The predicted octanol–water partition coefficient (Wildman–Crippen LogP) is 6.02. The van der Waals surface area contributed by atoms with E-state index in [0.717, 1.165) is 54.0 Å². The zero-order valence-electron chi connectivity index (χ0n) is 16.6. The Morgan fingerprint density at radius 1 is 0.759 bits per heavy atom. The summed E-state index contributed by atoms with van der Waals surface area (Å²) in [5.41, 5.74) is 4.04. The van der Waals surface area contributed by atoms with Crippen molar-refractivity contribution in [3.63, 3.8) is 0 Å². The average molecular weight is 383 g/mol. The molecule has 3 aromatic rings. The summed E-state index contributed by atoms with van der Waals surface area (Å²) in [6, 6.07) is 28.3. The molecule has 1 heterocycles. The number of benzene rings is 3. The monoisotopic (exact) mass is 382 g/mol. The maximum atomic E-state index is 13.1. The quantitative estimate of drug-likeness (QED) is 0.506. The molecular weight excluding hydrogens is 356 g/mol. The number of para-hydroxylation sites is 1. The first kappa shape index (κ1) is 19.1. The minimum atomic E-state index is 0.111. The second-order valence-electron chi connectivity index (χ2n) is 7.40.